The highest BCUT2D eigenvalue weighted by molar-refractivity contribution is 6.00. The van der Waals surface area contributed by atoms with Gasteiger partial charge in [0.05, 0.1) is 50.2 Å². The van der Waals surface area contributed by atoms with Crippen LogP contribution >= 0.6 is 0 Å². The molecule has 272 valence electrons. The normalized spacial score (nSPS) is 16.7. The first-order valence-corrected chi connectivity index (χ1v) is 15.2. The van der Waals surface area contributed by atoms with Gasteiger partial charge in [-0.05, 0) is 61.4 Å². The molecule has 0 fully saturated rings. The SMILES string of the molecule is COC(=O)C1=C(C)N=C(OC)N(C(=O)Oc2ccc([N+](=O)[O-])cc2)C1c1ccc(F)cc1.COC(=O)C1=C(C)NC(OC)=NC1c1ccc(F)cc1. The highest BCUT2D eigenvalue weighted by atomic mass is 19.1. The van der Waals surface area contributed by atoms with E-state index in [4.69, 9.17) is 23.7 Å². The van der Waals surface area contributed by atoms with Crippen LogP contribution in [0, 0.1) is 21.7 Å². The number of aliphatic imine (C=N–C) groups is 2. The number of nitrogens with one attached hydrogen (secondary N) is 1. The number of rotatable bonds is 6. The highest BCUT2D eigenvalue weighted by Gasteiger charge is 2.42. The molecule has 3 aromatic carbocycles. The summed E-state index contributed by atoms with van der Waals surface area (Å²) in [4.78, 5) is 57.3. The first kappa shape index (κ1) is 38.2. The maximum atomic E-state index is 13.5. The average molecular weight is 722 g/mol. The van der Waals surface area contributed by atoms with Crippen molar-refractivity contribution in [3.63, 3.8) is 0 Å². The number of hydrogen-bond donors (Lipinski definition) is 1. The second-order valence-electron chi connectivity index (χ2n) is 10.8. The van der Waals surface area contributed by atoms with Crippen LogP contribution in [0.4, 0.5) is 19.3 Å². The van der Waals surface area contributed by atoms with E-state index in [2.05, 4.69) is 15.3 Å². The number of nitrogens with zero attached hydrogens (tertiary/aromatic N) is 4. The lowest BCUT2D eigenvalue weighted by molar-refractivity contribution is -0.384. The lowest BCUT2D eigenvalue weighted by Crippen LogP contribution is -2.46. The van der Waals surface area contributed by atoms with Crippen molar-refractivity contribution in [3.05, 3.63) is 128 Å². The van der Waals surface area contributed by atoms with Gasteiger partial charge >= 0.3 is 24.1 Å². The van der Waals surface area contributed by atoms with Crippen LogP contribution in [0.25, 0.3) is 0 Å². The Kier molecular flexibility index (Phi) is 12.4. The molecule has 2 atom stereocenters. The Hall–Kier alpha value is -6.65. The van der Waals surface area contributed by atoms with Gasteiger partial charge in [-0.15, -0.1) is 0 Å². The van der Waals surface area contributed by atoms with E-state index in [0.717, 1.165) is 4.90 Å². The molecule has 0 saturated carbocycles. The number of carbonyl (C=O) groups excluding carboxylic acids is 3. The second-order valence-corrected chi connectivity index (χ2v) is 10.8. The van der Waals surface area contributed by atoms with Crippen LogP contribution in [0.1, 0.15) is 37.1 Å². The molecule has 2 aliphatic rings. The maximum Gasteiger partial charge on any atom is 0.424 e. The summed E-state index contributed by atoms with van der Waals surface area (Å²) in [5.41, 5.74) is 2.11. The van der Waals surface area contributed by atoms with E-state index in [1.165, 1.54) is 89.1 Å². The van der Waals surface area contributed by atoms with Crippen molar-refractivity contribution < 1.29 is 51.8 Å². The highest BCUT2D eigenvalue weighted by Crippen LogP contribution is 2.37. The summed E-state index contributed by atoms with van der Waals surface area (Å²) in [6, 6.07) is 14.3. The molecule has 52 heavy (non-hydrogen) atoms. The van der Waals surface area contributed by atoms with Crippen molar-refractivity contribution in [3.8, 4) is 5.75 Å². The fourth-order valence-electron chi connectivity index (χ4n) is 5.15. The molecule has 1 N–H and O–H groups in total. The van der Waals surface area contributed by atoms with E-state index in [0.29, 0.717) is 28.4 Å². The van der Waals surface area contributed by atoms with E-state index in [1.807, 2.05) is 0 Å². The van der Waals surface area contributed by atoms with Gasteiger partial charge in [-0.3, -0.25) is 10.1 Å². The lowest BCUT2D eigenvalue weighted by Gasteiger charge is -2.34. The summed E-state index contributed by atoms with van der Waals surface area (Å²) >= 11 is 0. The van der Waals surface area contributed by atoms with Crippen LogP contribution in [0.5, 0.6) is 5.75 Å². The van der Waals surface area contributed by atoms with E-state index < -0.39 is 40.9 Å². The van der Waals surface area contributed by atoms with Crippen molar-refractivity contribution in [2.75, 3.05) is 28.4 Å². The number of ether oxygens (including phenoxy) is 5. The summed E-state index contributed by atoms with van der Waals surface area (Å²) in [7, 11) is 5.24. The Labute approximate surface area is 296 Å². The number of halogens is 2. The van der Waals surface area contributed by atoms with Crippen molar-refractivity contribution in [2.45, 2.75) is 25.9 Å². The minimum atomic E-state index is -1.10. The number of amidine groups is 2. The quantitative estimate of drug-likeness (QED) is 0.189. The third kappa shape index (κ3) is 8.55. The summed E-state index contributed by atoms with van der Waals surface area (Å²) in [5, 5.41) is 13.7. The van der Waals surface area contributed by atoms with Gasteiger partial charge in [-0.25, -0.2) is 38.0 Å². The number of non-ortho nitro benzene ring substituents is 1. The lowest BCUT2D eigenvalue weighted by atomic mass is 9.94. The zero-order valence-electron chi connectivity index (χ0n) is 28.7. The topological polar surface area (TPSA) is 180 Å². The largest absolute Gasteiger partial charge is 0.468 e. The van der Waals surface area contributed by atoms with Crippen LogP contribution in [0.15, 0.2) is 105 Å². The predicted octanol–water partition coefficient (Wildman–Crippen LogP) is 5.66. The molecule has 0 spiro atoms. The first-order chi connectivity index (χ1) is 24.8. The number of benzene rings is 3. The van der Waals surface area contributed by atoms with Crippen LogP contribution in [-0.4, -0.2) is 68.3 Å². The minimum Gasteiger partial charge on any atom is -0.468 e. The number of amides is 1. The Bertz CT molecular complexity index is 1960. The Morgan fingerprint density at radius 3 is 1.83 bits per heavy atom. The number of methoxy groups -OCH3 is 4. The van der Waals surface area contributed by atoms with Gasteiger partial charge in [-0.2, -0.15) is 0 Å². The van der Waals surface area contributed by atoms with Gasteiger partial charge in [0.15, 0.2) is 0 Å². The van der Waals surface area contributed by atoms with Crippen molar-refractivity contribution in [1.29, 1.82) is 0 Å². The molecule has 0 saturated heterocycles. The summed E-state index contributed by atoms with van der Waals surface area (Å²) < 4.78 is 51.9. The number of carbonyl (C=O) groups is 3. The van der Waals surface area contributed by atoms with Gasteiger partial charge in [-0.1, -0.05) is 24.3 Å². The molecule has 15 nitrogen and oxygen atoms in total. The van der Waals surface area contributed by atoms with E-state index in [-0.39, 0.29) is 34.5 Å². The Balaban J connectivity index is 0.000000259. The molecular weight excluding hydrogens is 688 g/mol. The molecule has 0 radical (unpaired) electrons. The summed E-state index contributed by atoms with van der Waals surface area (Å²) in [5.74, 6) is -2.07. The van der Waals surface area contributed by atoms with E-state index >= 15 is 0 Å². The summed E-state index contributed by atoms with van der Waals surface area (Å²) in [6.07, 6.45) is -0.984. The standard InChI is InChI=1S/C21H18FN3O7.C14H15FN2O3/c1-12-17(19(26)30-2)18(13-4-6-14(22)7-5-13)24(20(23-12)31-3)21(27)32-16-10-8-15(9-11-16)25(28)29;1-8-11(13(18)19-2)12(17-14(16-8)20-3)9-4-6-10(15)7-5-9/h4-11,18H,1-3H3;4-7,12H,1-3H3,(H,16,17). The number of nitro benzene ring substituents is 1. The average Bonchev–Trinajstić information content (AvgIpc) is 3.14. The molecule has 1 amide bonds. The number of nitro groups is 1. The molecule has 0 aliphatic carbocycles. The fourth-order valence-corrected chi connectivity index (χ4v) is 5.15. The molecular formula is C35H33F2N5O10. The maximum absolute atomic E-state index is 13.5. The second kappa shape index (κ2) is 16.8. The van der Waals surface area contributed by atoms with Crippen LogP contribution in [0.3, 0.4) is 0 Å². The molecule has 2 aliphatic heterocycles. The molecule has 17 heteroatoms. The monoisotopic (exact) mass is 721 g/mol. The predicted molar refractivity (Wildman–Crippen MR) is 181 cm³/mol. The zero-order valence-corrected chi connectivity index (χ0v) is 28.7. The van der Waals surface area contributed by atoms with Gasteiger partial charge in [0.2, 0.25) is 0 Å². The van der Waals surface area contributed by atoms with Gasteiger partial charge in [0, 0.05) is 17.8 Å². The van der Waals surface area contributed by atoms with Crippen molar-refractivity contribution >= 4 is 35.8 Å². The number of allylic oxidation sites excluding steroid dienone is 2. The Morgan fingerprint density at radius 2 is 1.33 bits per heavy atom. The third-order valence-corrected chi connectivity index (χ3v) is 7.62. The fraction of sp³-hybridized carbons (Fsp3) is 0.229. The van der Waals surface area contributed by atoms with E-state index in [1.54, 1.807) is 26.0 Å². The minimum absolute atomic E-state index is 0.0137. The zero-order chi connectivity index (χ0) is 38.1. The van der Waals surface area contributed by atoms with Gasteiger partial charge in [0.25, 0.3) is 11.7 Å². The van der Waals surface area contributed by atoms with Crippen LogP contribution in [-0.2, 0) is 28.5 Å². The molecule has 0 aromatic heterocycles. The van der Waals surface area contributed by atoms with Crippen molar-refractivity contribution in [2.24, 2.45) is 9.98 Å². The first-order valence-electron chi connectivity index (χ1n) is 15.2. The van der Waals surface area contributed by atoms with Crippen LogP contribution < -0.4 is 10.1 Å². The van der Waals surface area contributed by atoms with E-state index in [9.17, 15) is 33.3 Å². The summed E-state index contributed by atoms with van der Waals surface area (Å²) in [6.45, 7) is 3.28. The van der Waals surface area contributed by atoms with Gasteiger partial charge in [0.1, 0.15) is 29.5 Å². The molecule has 2 heterocycles. The third-order valence-electron chi connectivity index (χ3n) is 7.62. The van der Waals surface area contributed by atoms with Gasteiger partial charge < -0.3 is 29.0 Å². The smallest absolute Gasteiger partial charge is 0.424 e. The molecule has 0 bridgehead atoms. The molecule has 3 aromatic rings. The molecule has 5 rings (SSSR count). The number of esters is 2. The molecule has 2 unspecified atom stereocenters. The van der Waals surface area contributed by atoms with Crippen molar-refractivity contribution in [1.82, 2.24) is 10.2 Å². The Morgan fingerprint density at radius 1 is 0.788 bits per heavy atom. The number of hydrogen-bond acceptors (Lipinski definition) is 13. The van der Waals surface area contributed by atoms with Crippen LogP contribution in [0.2, 0.25) is 0 Å².